The molecule has 0 heterocycles. The molecule has 0 radical (unpaired) electrons. The van der Waals surface area contributed by atoms with E-state index in [1.54, 1.807) is 12.1 Å². The molecule has 74 valence electrons. The Kier molecular flexibility index (Phi) is 2.49. The summed E-state index contributed by atoms with van der Waals surface area (Å²) in [6, 6.07) is 8.01. The van der Waals surface area contributed by atoms with Gasteiger partial charge in [0.15, 0.2) is 17.6 Å². The van der Waals surface area contributed by atoms with E-state index < -0.39 is 6.04 Å². The van der Waals surface area contributed by atoms with Crippen molar-refractivity contribution < 1.29 is 9.59 Å². The number of benzene rings is 1. The van der Waals surface area contributed by atoms with E-state index in [-0.39, 0.29) is 11.6 Å². The molecule has 0 aliphatic heterocycles. The van der Waals surface area contributed by atoms with E-state index in [4.69, 9.17) is 0 Å². The second kappa shape index (κ2) is 3.96. The van der Waals surface area contributed by atoms with Gasteiger partial charge in [-0.05, 0) is 24.3 Å². The largest absolute Gasteiger partial charge is 0.292 e. The summed E-state index contributed by atoms with van der Waals surface area (Å²) in [7, 11) is 0. The zero-order valence-electron chi connectivity index (χ0n) is 7.83. The van der Waals surface area contributed by atoms with Crippen LogP contribution < -0.4 is 0 Å². The minimum absolute atomic E-state index is 0.306. The molecule has 1 aliphatic carbocycles. The molecule has 0 amide bonds. The van der Waals surface area contributed by atoms with Crippen LogP contribution in [-0.2, 0) is 9.59 Å². The standard InChI is InChI=1S/C11H8N2O2/c14-9-6-7-10(15)11(9)13-12-8-4-2-1-3-5-8/h1-7,11H. The lowest BCUT2D eigenvalue weighted by molar-refractivity contribution is -0.122. The van der Waals surface area contributed by atoms with Crippen molar-refractivity contribution in [3.8, 4) is 0 Å². The van der Waals surface area contributed by atoms with Gasteiger partial charge in [0.25, 0.3) is 0 Å². The predicted octanol–water partition coefficient (Wildman–Crippen LogP) is 1.85. The molecule has 15 heavy (non-hydrogen) atoms. The highest BCUT2D eigenvalue weighted by atomic mass is 16.2. The van der Waals surface area contributed by atoms with Gasteiger partial charge in [0.2, 0.25) is 0 Å². The van der Waals surface area contributed by atoms with Gasteiger partial charge in [0.05, 0.1) is 5.69 Å². The maximum atomic E-state index is 11.1. The maximum Gasteiger partial charge on any atom is 0.195 e. The first kappa shape index (κ1) is 9.45. The summed E-state index contributed by atoms with van der Waals surface area (Å²) in [5.41, 5.74) is 0.630. The summed E-state index contributed by atoms with van der Waals surface area (Å²) in [5.74, 6) is -0.612. The first-order valence-electron chi connectivity index (χ1n) is 4.49. The SMILES string of the molecule is O=C1C=CC(=O)C1N=Nc1ccccc1. The van der Waals surface area contributed by atoms with Gasteiger partial charge in [-0.2, -0.15) is 10.2 Å². The molecule has 0 atom stereocenters. The number of carbonyl (C=O) groups excluding carboxylic acids is 2. The van der Waals surface area contributed by atoms with Crippen molar-refractivity contribution in [2.45, 2.75) is 6.04 Å². The van der Waals surface area contributed by atoms with Crippen LogP contribution in [0.25, 0.3) is 0 Å². The fourth-order valence-electron chi connectivity index (χ4n) is 1.22. The summed E-state index contributed by atoms with van der Waals surface area (Å²) in [6.45, 7) is 0. The van der Waals surface area contributed by atoms with E-state index in [1.165, 1.54) is 12.2 Å². The van der Waals surface area contributed by atoms with E-state index in [0.29, 0.717) is 5.69 Å². The molecule has 0 unspecified atom stereocenters. The van der Waals surface area contributed by atoms with E-state index >= 15 is 0 Å². The van der Waals surface area contributed by atoms with Crippen molar-refractivity contribution in [1.82, 2.24) is 0 Å². The molecule has 0 N–H and O–H groups in total. The molecule has 1 aromatic carbocycles. The Balaban J connectivity index is 2.13. The van der Waals surface area contributed by atoms with Crippen molar-refractivity contribution in [2.75, 3.05) is 0 Å². The van der Waals surface area contributed by atoms with Gasteiger partial charge in [-0.25, -0.2) is 0 Å². The van der Waals surface area contributed by atoms with E-state index in [0.717, 1.165) is 0 Å². The predicted molar refractivity (Wildman–Crippen MR) is 53.9 cm³/mol. The molecule has 0 bridgehead atoms. The Morgan fingerprint density at radius 1 is 0.933 bits per heavy atom. The van der Waals surface area contributed by atoms with Crippen molar-refractivity contribution in [3.05, 3.63) is 42.5 Å². The molecule has 0 saturated heterocycles. The van der Waals surface area contributed by atoms with Crippen LogP contribution in [0.1, 0.15) is 0 Å². The smallest absolute Gasteiger partial charge is 0.195 e. The molecular formula is C11H8N2O2. The average molecular weight is 200 g/mol. The maximum absolute atomic E-state index is 11.1. The third-order valence-electron chi connectivity index (χ3n) is 2.00. The molecular weight excluding hydrogens is 192 g/mol. The van der Waals surface area contributed by atoms with Crippen molar-refractivity contribution >= 4 is 17.3 Å². The fourth-order valence-corrected chi connectivity index (χ4v) is 1.22. The van der Waals surface area contributed by atoms with Gasteiger partial charge in [-0.1, -0.05) is 18.2 Å². The highest BCUT2D eigenvalue weighted by molar-refractivity contribution is 6.22. The van der Waals surface area contributed by atoms with Gasteiger partial charge >= 0.3 is 0 Å². The summed E-state index contributed by atoms with van der Waals surface area (Å²) in [6.07, 6.45) is 2.47. The highest BCUT2D eigenvalue weighted by Gasteiger charge is 2.27. The quantitative estimate of drug-likeness (QED) is 0.540. The second-order valence-electron chi connectivity index (χ2n) is 3.09. The summed E-state index contributed by atoms with van der Waals surface area (Å²) < 4.78 is 0. The zero-order chi connectivity index (χ0) is 10.7. The molecule has 1 aromatic rings. The minimum Gasteiger partial charge on any atom is -0.292 e. The molecule has 0 aromatic heterocycles. The third-order valence-corrected chi connectivity index (χ3v) is 2.00. The van der Waals surface area contributed by atoms with Crippen LogP contribution >= 0.6 is 0 Å². The lowest BCUT2D eigenvalue weighted by Crippen LogP contribution is -2.18. The normalized spacial score (nSPS) is 16.8. The number of hydrogen-bond acceptors (Lipinski definition) is 4. The van der Waals surface area contributed by atoms with Gasteiger partial charge in [0, 0.05) is 0 Å². The van der Waals surface area contributed by atoms with Crippen LogP contribution in [0.15, 0.2) is 52.7 Å². The second-order valence-corrected chi connectivity index (χ2v) is 3.09. The molecule has 0 fully saturated rings. The Morgan fingerprint density at radius 2 is 1.53 bits per heavy atom. The van der Waals surface area contributed by atoms with Gasteiger partial charge in [-0.15, -0.1) is 0 Å². The Labute approximate surface area is 86.3 Å². The molecule has 0 spiro atoms. The number of carbonyl (C=O) groups is 2. The Morgan fingerprint density at radius 3 is 2.13 bits per heavy atom. The van der Waals surface area contributed by atoms with Crippen molar-refractivity contribution in [2.24, 2.45) is 10.2 Å². The topological polar surface area (TPSA) is 58.9 Å². The van der Waals surface area contributed by atoms with Crippen LogP contribution in [0, 0.1) is 0 Å². The molecule has 4 heteroatoms. The van der Waals surface area contributed by atoms with Crippen LogP contribution in [-0.4, -0.2) is 17.6 Å². The van der Waals surface area contributed by atoms with Gasteiger partial charge in [0.1, 0.15) is 0 Å². The summed E-state index contributed by atoms with van der Waals surface area (Å²) in [5, 5.41) is 7.55. The fraction of sp³-hybridized carbons (Fsp3) is 0.0909. The minimum atomic E-state index is -0.967. The first-order valence-corrected chi connectivity index (χ1v) is 4.49. The van der Waals surface area contributed by atoms with E-state index in [2.05, 4.69) is 10.2 Å². The lowest BCUT2D eigenvalue weighted by atomic mass is 10.2. The molecule has 0 saturated carbocycles. The Bertz CT molecular complexity index is 431. The number of rotatable bonds is 2. The zero-order valence-corrected chi connectivity index (χ0v) is 7.83. The number of ketones is 2. The molecule has 4 nitrogen and oxygen atoms in total. The van der Waals surface area contributed by atoms with Crippen LogP contribution in [0.4, 0.5) is 5.69 Å². The number of azo groups is 1. The van der Waals surface area contributed by atoms with E-state index in [9.17, 15) is 9.59 Å². The van der Waals surface area contributed by atoms with Crippen molar-refractivity contribution in [1.29, 1.82) is 0 Å². The monoisotopic (exact) mass is 200 g/mol. The Hall–Kier alpha value is -2.10. The first-order chi connectivity index (χ1) is 7.27. The van der Waals surface area contributed by atoms with E-state index in [1.807, 2.05) is 18.2 Å². The van der Waals surface area contributed by atoms with Crippen LogP contribution in [0.2, 0.25) is 0 Å². The number of hydrogen-bond donors (Lipinski definition) is 0. The van der Waals surface area contributed by atoms with Gasteiger partial charge < -0.3 is 0 Å². The van der Waals surface area contributed by atoms with Crippen molar-refractivity contribution in [3.63, 3.8) is 0 Å². The third kappa shape index (κ3) is 2.04. The summed E-state index contributed by atoms with van der Waals surface area (Å²) in [4.78, 5) is 22.3. The van der Waals surface area contributed by atoms with Gasteiger partial charge in [-0.3, -0.25) is 9.59 Å². The molecule has 1 aliphatic rings. The van der Waals surface area contributed by atoms with Crippen LogP contribution in [0.5, 0.6) is 0 Å². The highest BCUT2D eigenvalue weighted by Crippen LogP contribution is 2.14. The molecule has 2 rings (SSSR count). The number of nitrogens with zero attached hydrogens (tertiary/aromatic N) is 2. The summed E-state index contributed by atoms with van der Waals surface area (Å²) >= 11 is 0. The average Bonchev–Trinajstić information content (AvgIpc) is 2.58. The lowest BCUT2D eigenvalue weighted by Gasteiger charge is -1.96. The van der Waals surface area contributed by atoms with Crippen LogP contribution in [0.3, 0.4) is 0 Å².